The van der Waals surface area contributed by atoms with Crippen LogP contribution in [0.2, 0.25) is 0 Å². The zero-order valence-electron chi connectivity index (χ0n) is 10.4. The Balaban J connectivity index is 0.00000256. The summed E-state index contributed by atoms with van der Waals surface area (Å²) < 4.78 is 0. The number of carbonyl (C=O) groups is 1. The van der Waals surface area contributed by atoms with Gasteiger partial charge in [-0.1, -0.05) is 13.8 Å². The molecule has 1 rings (SSSR count). The molecule has 0 aliphatic rings. The van der Waals surface area contributed by atoms with E-state index in [-0.39, 0.29) is 18.3 Å². The second-order valence-electron chi connectivity index (χ2n) is 3.96. The standard InChI is InChI=1S/C11H19N3OS.ClH/c1-8(2)11-14-9(7-16-11)4-5-13-10(15)6-12-3;/h7-8,12H,4-6H2,1-3H3,(H,13,15);1H. The summed E-state index contributed by atoms with van der Waals surface area (Å²) in [5.41, 5.74) is 1.07. The highest BCUT2D eigenvalue weighted by Crippen LogP contribution is 2.19. The van der Waals surface area contributed by atoms with Gasteiger partial charge < -0.3 is 10.6 Å². The number of amides is 1. The predicted molar refractivity (Wildman–Crippen MR) is 74.1 cm³/mol. The lowest BCUT2D eigenvalue weighted by atomic mass is 10.2. The SMILES string of the molecule is CNCC(=O)NCCc1csc(C(C)C)n1.Cl. The summed E-state index contributed by atoms with van der Waals surface area (Å²) in [5, 5.41) is 8.88. The lowest BCUT2D eigenvalue weighted by Gasteiger charge is -2.02. The van der Waals surface area contributed by atoms with Crippen LogP contribution in [0.25, 0.3) is 0 Å². The maximum Gasteiger partial charge on any atom is 0.233 e. The molecule has 0 bridgehead atoms. The fraction of sp³-hybridized carbons (Fsp3) is 0.636. The summed E-state index contributed by atoms with van der Waals surface area (Å²) >= 11 is 1.69. The third-order valence-corrected chi connectivity index (χ3v) is 3.30. The Morgan fingerprint density at radius 1 is 1.53 bits per heavy atom. The predicted octanol–water partition coefficient (Wildman–Crippen LogP) is 1.57. The van der Waals surface area contributed by atoms with Gasteiger partial charge in [-0.05, 0) is 7.05 Å². The van der Waals surface area contributed by atoms with Crippen molar-refractivity contribution >= 4 is 29.7 Å². The largest absolute Gasteiger partial charge is 0.355 e. The number of nitrogens with one attached hydrogen (secondary N) is 2. The van der Waals surface area contributed by atoms with E-state index in [2.05, 4.69) is 34.8 Å². The van der Waals surface area contributed by atoms with Crippen LogP contribution in [0.3, 0.4) is 0 Å². The first-order valence-electron chi connectivity index (χ1n) is 5.49. The van der Waals surface area contributed by atoms with Crippen molar-refractivity contribution in [1.82, 2.24) is 15.6 Å². The molecule has 1 amide bonds. The van der Waals surface area contributed by atoms with E-state index < -0.39 is 0 Å². The van der Waals surface area contributed by atoms with Gasteiger partial charge in [-0.15, -0.1) is 23.7 Å². The Hall–Kier alpha value is -0.650. The van der Waals surface area contributed by atoms with Crippen molar-refractivity contribution in [2.24, 2.45) is 0 Å². The lowest BCUT2D eigenvalue weighted by Crippen LogP contribution is -2.33. The average molecular weight is 278 g/mol. The van der Waals surface area contributed by atoms with E-state index in [1.165, 1.54) is 0 Å². The summed E-state index contributed by atoms with van der Waals surface area (Å²) in [5.74, 6) is 0.513. The summed E-state index contributed by atoms with van der Waals surface area (Å²) in [6.07, 6.45) is 0.804. The van der Waals surface area contributed by atoms with Crippen LogP contribution in [-0.4, -0.2) is 31.0 Å². The van der Waals surface area contributed by atoms with E-state index in [9.17, 15) is 4.79 Å². The molecule has 0 atom stereocenters. The van der Waals surface area contributed by atoms with Crippen molar-refractivity contribution in [3.05, 3.63) is 16.1 Å². The van der Waals surface area contributed by atoms with Crippen molar-refractivity contribution in [2.75, 3.05) is 20.1 Å². The van der Waals surface area contributed by atoms with Crippen molar-refractivity contribution in [2.45, 2.75) is 26.2 Å². The molecule has 4 nitrogen and oxygen atoms in total. The highest BCUT2D eigenvalue weighted by Gasteiger charge is 2.05. The third-order valence-electron chi connectivity index (χ3n) is 2.10. The van der Waals surface area contributed by atoms with Crippen LogP contribution in [0.15, 0.2) is 5.38 Å². The molecular weight excluding hydrogens is 258 g/mol. The quantitative estimate of drug-likeness (QED) is 0.830. The van der Waals surface area contributed by atoms with E-state index in [0.29, 0.717) is 19.0 Å². The van der Waals surface area contributed by atoms with Gasteiger partial charge in [0.1, 0.15) is 0 Å². The summed E-state index contributed by atoms with van der Waals surface area (Å²) in [7, 11) is 1.76. The van der Waals surface area contributed by atoms with Crippen LogP contribution < -0.4 is 10.6 Å². The topological polar surface area (TPSA) is 54.0 Å². The molecule has 0 aliphatic carbocycles. The van der Waals surface area contributed by atoms with Crippen LogP contribution in [0.4, 0.5) is 0 Å². The normalized spacial score (nSPS) is 10.1. The Kier molecular flexibility index (Phi) is 8.12. The number of hydrogen-bond donors (Lipinski definition) is 2. The molecule has 6 heteroatoms. The van der Waals surface area contributed by atoms with Crippen molar-refractivity contribution in [3.8, 4) is 0 Å². The number of hydrogen-bond acceptors (Lipinski definition) is 4. The molecule has 0 aliphatic heterocycles. The molecule has 0 saturated heterocycles. The minimum atomic E-state index is 0. The van der Waals surface area contributed by atoms with E-state index in [1.54, 1.807) is 18.4 Å². The molecule has 98 valence electrons. The highest BCUT2D eigenvalue weighted by atomic mass is 35.5. The monoisotopic (exact) mass is 277 g/mol. The maximum atomic E-state index is 11.2. The van der Waals surface area contributed by atoms with Gasteiger partial charge in [0, 0.05) is 24.3 Å². The molecule has 0 saturated carbocycles. The number of thiazole rings is 1. The summed E-state index contributed by atoms with van der Waals surface area (Å²) in [4.78, 5) is 15.7. The molecule has 2 N–H and O–H groups in total. The zero-order chi connectivity index (χ0) is 12.0. The zero-order valence-corrected chi connectivity index (χ0v) is 12.1. The minimum Gasteiger partial charge on any atom is -0.355 e. The fourth-order valence-electron chi connectivity index (χ4n) is 1.26. The van der Waals surface area contributed by atoms with Crippen LogP contribution >= 0.6 is 23.7 Å². The van der Waals surface area contributed by atoms with Crippen LogP contribution in [0, 0.1) is 0 Å². The first-order valence-corrected chi connectivity index (χ1v) is 6.37. The lowest BCUT2D eigenvalue weighted by molar-refractivity contribution is -0.120. The smallest absolute Gasteiger partial charge is 0.233 e. The number of nitrogens with zero attached hydrogens (tertiary/aromatic N) is 1. The Morgan fingerprint density at radius 3 is 2.76 bits per heavy atom. The molecule has 1 aromatic heterocycles. The van der Waals surface area contributed by atoms with Gasteiger partial charge in [-0.3, -0.25) is 4.79 Å². The molecule has 0 aromatic carbocycles. The van der Waals surface area contributed by atoms with Gasteiger partial charge in [-0.25, -0.2) is 4.98 Å². The van der Waals surface area contributed by atoms with Crippen LogP contribution in [0.5, 0.6) is 0 Å². The molecule has 0 unspecified atom stereocenters. The summed E-state index contributed by atoms with van der Waals surface area (Å²) in [6, 6.07) is 0. The Morgan fingerprint density at radius 2 is 2.24 bits per heavy atom. The highest BCUT2D eigenvalue weighted by molar-refractivity contribution is 7.09. The van der Waals surface area contributed by atoms with Crippen LogP contribution in [-0.2, 0) is 11.2 Å². The van der Waals surface area contributed by atoms with Crippen LogP contribution in [0.1, 0.15) is 30.5 Å². The van der Waals surface area contributed by atoms with E-state index in [4.69, 9.17) is 0 Å². The second-order valence-corrected chi connectivity index (χ2v) is 4.85. The first-order chi connectivity index (χ1) is 7.63. The average Bonchev–Trinajstić information content (AvgIpc) is 2.67. The molecule has 0 spiro atoms. The second kappa shape index (κ2) is 8.44. The van der Waals surface area contributed by atoms with Crippen molar-refractivity contribution in [1.29, 1.82) is 0 Å². The molecule has 1 aromatic rings. The van der Waals surface area contributed by atoms with Crippen molar-refractivity contribution in [3.63, 3.8) is 0 Å². The molecular formula is C11H20ClN3OS. The van der Waals surface area contributed by atoms with E-state index in [1.807, 2.05) is 0 Å². The third kappa shape index (κ3) is 6.00. The molecule has 0 fully saturated rings. The Labute approximate surface area is 113 Å². The van der Waals surface area contributed by atoms with Gasteiger partial charge >= 0.3 is 0 Å². The molecule has 1 heterocycles. The molecule has 0 radical (unpaired) electrons. The number of carbonyl (C=O) groups excluding carboxylic acids is 1. The van der Waals surface area contributed by atoms with Gasteiger partial charge in [0.2, 0.25) is 5.91 Å². The maximum absolute atomic E-state index is 11.2. The van der Waals surface area contributed by atoms with Crippen molar-refractivity contribution < 1.29 is 4.79 Å². The number of likely N-dealkylation sites (N-methyl/N-ethyl adjacent to an activating group) is 1. The van der Waals surface area contributed by atoms with Gasteiger partial charge in [0.15, 0.2) is 0 Å². The first kappa shape index (κ1) is 16.4. The number of aromatic nitrogens is 1. The number of halogens is 1. The van der Waals surface area contributed by atoms with E-state index in [0.717, 1.165) is 17.1 Å². The molecule has 17 heavy (non-hydrogen) atoms. The van der Waals surface area contributed by atoms with Gasteiger partial charge in [-0.2, -0.15) is 0 Å². The van der Waals surface area contributed by atoms with E-state index >= 15 is 0 Å². The Bertz CT molecular complexity index is 341. The van der Waals surface area contributed by atoms with Gasteiger partial charge in [0.05, 0.1) is 17.2 Å². The number of rotatable bonds is 6. The minimum absolute atomic E-state index is 0. The van der Waals surface area contributed by atoms with Gasteiger partial charge in [0.25, 0.3) is 0 Å². The summed E-state index contributed by atoms with van der Waals surface area (Å²) in [6.45, 7) is 5.30. The fourth-order valence-corrected chi connectivity index (χ4v) is 2.13.